The van der Waals surface area contributed by atoms with Crippen LogP contribution >= 0.6 is 0 Å². The van der Waals surface area contributed by atoms with Crippen molar-refractivity contribution in [3.8, 4) is 0 Å². The molecule has 1 unspecified atom stereocenters. The Labute approximate surface area is 124 Å². The lowest BCUT2D eigenvalue weighted by molar-refractivity contribution is -0.141. The van der Waals surface area contributed by atoms with Crippen molar-refractivity contribution in [2.45, 2.75) is 32.7 Å². The van der Waals surface area contributed by atoms with Gasteiger partial charge in [0.2, 0.25) is 5.91 Å². The molecule has 0 spiro atoms. The van der Waals surface area contributed by atoms with Gasteiger partial charge in [0.25, 0.3) is 0 Å². The van der Waals surface area contributed by atoms with Crippen LogP contribution in [0, 0.1) is 13.8 Å². The third kappa shape index (κ3) is 5.93. The number of aliphatic hydroxyl groups excluding tert-OH is 1. The molecule has 0 aliphatic rings. The highest BCUT2D eigenvalue weighted by Gasteiger charge is 2.20. The van der Waals surface area contributed by atoms with Crippen molar-refractivity contribution in [1.82, 2.24) is 5.32 Å². The number of hydrogen-bond acceptors (Lipinski definition) is 4. The van der Waals surface area contributed by atoms with Gasteiger partial charge in [-0.25, -0.2) is 0 Å². The first-order chi connectivity index (χ1) is 9.93. The molecular weight excluding hydrogens is 272 g/mol. The van der Waals surface area contributed by atoms with Crippen LogP contribution in [-0.2, 0) is 9.59 Å². The van der Waals surface area contributed by atoms with Crippen LogP contribution in [0.5, 0.6) is 0 Å². The zero-order valence-electron chi connectivity index (χ0n) is 12.3. The highest BCUT2D eigenvalue weighted by atomic mass is 16.4. The summed E-state index contributed by atoms with van der Waals surface area (Å²) in [6.07, 6.45) is 0.288. The van der Waals surface area contributed by atoms with Crippen molar-refractivity contribution < 1.29 is 19.8 Å². The van der Waals surface area contributed by atoms with E-state index >= 15 is 0 Å². The molecule has 4 N–H and O–H groups in total. The minimum atomic E-state index is -1.08. The summed E-state index contributed by atoms with van der Waals surface area (Å²) in [5.41, 5.74) is 2.72. The topological polar surface area (TPSA) is 98.7 Å². The van der Waals surface area contributed by atoms with Crippen LogP contribution < -0.4 is 10.6 Å². The highest BCUT2D eigenvalue weighted by molar-refractivity contribution is 5.94. The molecule has 0 aliphatic carbocycles. The zero-order chi connectivity index (χ0) is 15.8. The van der Waals surface area contributed by atoms with Crippen molar-refractivity contribution in [2.75, 3.05) is 18.5 Å². The summed E-state index contributed by atoms with van der Waals surface area (Å²) in [5, 5.41) is 23.2. The molecule has 0 heterocycles. The van der Waals surface area contributed by atoms with Gasteiger partial charge >= 0.3 is 5.97 Å². The molecule has 6 nitrogen and oxygen atoms in total. The van der Waals surface area contributed by atoms with Crippen LogP contribution in [0.15, 0.2) is 18.2 Å². The molecule has 1 amide bonds. The molecule has 0 saturated heterocycles. The van der Waals surface area contributed by atoms with E-state index in [2.05, 4.69) is 10.6 Å². The maximum Gasteiger partial charge on any atom is 0.321 e. The maximum absolute atomic E-state index is 11.9. The lowest BCUT2D eigenvalue weighted by atomic mass is 10.1. The van der Waals surface area contributed by atoms with Gasteiger partial charge in [-0.15, -0.1) is 0 Å². The fourth-order valence-corrected chi connectivity index (χ4v) is 1.94. The fraction of sp³-hybridized carbons (Fsp3) is 0.467. The number of hydrogen-bond donors (Lipinski definition) is 4. The van der Waals surface area contributed by atoms with Crippen LogP contribution in [0.4, 0.5) is 5.69 Å². The molecule has 0 aromatic heterocycles. The normalized spacial score (nSPS) is 12.0. The second-order valence-corrected chi connectivity index (χ2v) is 4.99. The summed E-state index contributed by atoms with van der Waals surface area (Å²) >= 11 is 0. The molecule has 1 atom stereocenters. The first-order valence-corrected chi connectivity index (χ1v) is 6.88. The summed E-state index contributed by atoms with van der Waals surface area (Å²) in [6, 6.07) is 4.68. The molecule has 0 fully saturated rings. The van der Waals surface area contributed by atoms with Crippen molar-refractivity contribution in [3.63, 3.8) is 0 Å². The van der Waals surface area contributed by atoms with Gasteiger partial charge in [0, 0.05) is 12.3 Å². The number of carboxylic acid groups (broad SMARTS) is 1. The van der Waals surface area contributed by atoms with Crippen molar-refractivity contribution in [1.29, 1.82) is 0 Å². The molecule has 1 aromatic carbocycles. The van der Waals surface area contributed by atoms with E-state index in [0.717, 1.165) is 11.1 Å². The van der Waals surface area contributed by atoms with E-state index < -0.39 is 12.0 Å². The number of benzene rings is 1. The number of nitrogens with one attached hydrogen (secondary N) is 2. The van der Waals surface area contributed by atoms with Crippen molar-refractivity contribution >= 4 is 17.6 Å². The summed E-state index contributed by atoms with van der Waals surface area (Å²) in [6.45, 7) is 4.18. The van der Waals surface area contributed by atoms with Gasteiger partial charge < -0.3 is 20.8 Å². The average molecular weight is 294 g/mol. The molecule has 0 radical (unpaired) electrons. The second kappa shape index (κ2) is 8.39. The Morgan fingerprint density at radius 1 is 1.29 bits per heavy atom. The van der Waals surface area contributed by atoms with E-state index in [4.69, 9.17) is 10.2 Å². The van der Waals surface area contributed by atoms with Gasteiger partial charge in [0.05, 0.1) is 6.42 Å². The monoisotopic (exact) mass is 294 g/mol. The zero-order valence-corrected chi connectivity index (χ0v) is 12.3. The average Bonchev–Trinajstić information content (AvgIpc) is 2.41. The number of carbonyl (C=O) groups excluding carboxylic acids is 1. The number of rotatable bonds is 8. The van der Waals surface area contributed by atoms with E-state index in [1.807, 2.05) is 26.0 Å². The molecule has 0 saturated carbocycles. The van der Waals surface area contributed by atoms with E-state index in [0.29, 0.717) is 18.7 Å². The SMILES string of the molecule is Cc1ccc(NC(=O)CC(NCCCO)C(=O)O)c(C)c1. The molecule has 0 aliphatic heterocycles. The number of aliphatic hydroxyl groups is 1. The van der Waals surface area contributed by atoms with Crippen LogP contribution in [-0.4, -0.2) is 41.3 Å². The van der Waals surface area contributed by atoms with E-state index in [9.17, 15) is 9.59 Å². The molecule has 6 heteroatoms. The molecule has 1 rings (SSSR count). The minimum absolute atomic E-state index is 0.0197. The Kier molecular flexibility index (Phi) is 6.84. The predicted octanol–water partition coefficient (Wildman–Crippen LogP) is 1.06. The summed E-state index contributed by atoms with van der Waals surface area (Å²) < 4.78 is 0. The number of amides is 1. The summed E-state index contributed by atoms with van der Waals surface area (Å²) in [5.74, 6) is -1.44. The summed E-state index contributed by atoms with van der Waals surface area (Å²) in [4.78, 5) is 23.0. The largest absolute Gasteiger partial charge is 0.480 e. The smallest absolute Gasteiger partial charge is 0.321 e. The van der Waals surface area contributed by atoms with E-state index in [-0.39, 0.29) is 18.9 Å². The molecule has 1 aromatic rings. The van der Waals surface area contributed by atoms with Crippen LogP contribution in [0.2, 0.25) is 0 Å². The second-order valence-electron chi connectivity index (χ2n) is 4.99. The Morgan fingerprint density at radius 3 is 2.57 bits per heavy atom. The van der Waals surface area contributed by atoms with Crippen LogP contribution in [0.25, 0.3) is 0 Å². The Balaban J connectivity index is 2.59. The molecule has 21 heavy (non-hydrogen) atoms. The third-order valence-corrected chi connectivity index (χ3v) is 3.07. The standard InChI is InChI=1S/C15H22N2O4/c1-10-4-5-12(11(2)8-10)17-14(19)9-13(15(20)21)16-6-3-7-18/h4-5,8,13,16,18H,3,6-7,9H2,1-2H3,(H,17,19)(H,20,21). The minimum Gasteiger partial charge on any atom is -0.480 e. The number of anilines is 1. The Bertz CT molecular complexity index is 502. The fourth-order valence-electron chi connectivity index (χ4n) is 1.94. The maximum atomic E-state index is 11.9. The first-order valence-electron chi connectivity index (χ1n) is 6.88. The number of aliphatic carboxylic acids is 1. The number of aryl methyl sites for hydroxylation is 2. The van der Waals surface area contributed by atoms with Crippen LogP contribution in [0.1, 0.15) is 24.0 Å². The quantitative estimate of drug-likeness (QED) is 0.537. The molecular formula is C15H22N2O4. The van der Waals surface area contributed by atoms with E-state index in [1.54, 1.807) is 6.07 Å². The molecule has 0 bridgehead atoms. The van der Waals surface area contributed by atoms with Crippen molar-refractivity contribution in [2.24, 2.45) is 0 Å². The lowest BCUT2D eigenvalue weighted by Gasteiger charge is -2.15. The van der Waals surface area contributed by atoms with Gasteiger partial charge in [-0.1, -0.05) is 17.7 Å². The number of carbonyl (C=O) groups is 2. The predicted molar refractivity (Wildman–Crippen MR) is 80.3 cm³/mol. The van der Waals surface area contributed by atoms with Gasteiger partial charge in [0.15, 0.2) is 0 Å². The van der Waals surface area contributed by atoms with Gasteiger partial charge in [0.1, 0.15) is 6.04 Å². The highest BCUT2D eigenvalue weighted by Crippen LogP contribution is 2.16. The van der Waals surface area contributed by atoms with Gasteiger partial charge in [-0.3, -0.25) is 9.59 Å². The van der Waals surface area contributed by atoms with Crippen LogP contribution in [0.3, 0.4) is 0 Å². The summed E-state index contributed by atoms with van der Waals surface area (Å²) in [7, 11) is 0. The lowest BCUT2D eigenvalue weighted by Crippen LogP contribution is -2.40. The Morgan fingerprint density at radius 2 is 2.00 bits per heavy atom. The van der Waals surface area contributed by atoms with Crippen molar-refractivity contribution in [3.05, 3.63) is 29.3 Å². The van der Waals surface area contributed by atoms with Gasteiger partial charge in [-0.05, 0) is 38.4 Å². The van der Waals surface area contributed by atoms with E-state index in [1.165, 1.54) is 0 Å². The number of carboxylic acids is 1. The third-order valence-electron chi connectivity index (χ3n) is 3.07. The molecule has 116 valence electrons. The first kappa shape index (κ1) is 17.1. The van der Waals surface area contributed by atoms with Gasteiger partial charge in [-0.2, -0.15) is 0 Å². The Hall–Kier alpha value is -1.92.